The summed E-state index contributed by atoms with van der Waals surface area (Å²) in [4.78, 5) is 64.4. The summed E-state index contributed by atoms with van der Waals surface area (Å²) in [5, 5.41) is 31.6. The molecule has 24 nitrogen and oxygen atoms in total. The summed E-state index contributed by atoms with van der Waals surface area (Å²) >= 11 is 0. The van der Waals surface area contributed by atoms with Crippen molar-refractivity contribution in [2.75, 3.05) is 18.9 Å². The van der Waals surface area contributed by atoms with Crippen LogP contribution in [0.3, 0.4) is 0 Å². The zero-order chi connectivity index (χ0) is 35.2. The van der Waals surface area contributed by atoms with E-state index < -0.39 is 91.7 Å². The number of aliphatic hydroxyl groups excluding tert-OH is 3. The number of ether oxygens (including phenoxy) is 2. The Labute approximate surface area is 296 Å². The van der Waals surface area contributed by atoms with Gasteiger partial charge in [-0.25, -0.2) is 28.4 Å². The molecule has 2 aliphatic rings. The van der Waals surface area contributed by atoms with E-state index in [1.54, 1.807) is 0 Å². The van der Waals surface area contributed by atoms with Crippen LogP contribution in [0.1, 0.15) is 22.8 Å². The van der Waals surface area contributed by atoms with Crippen LogP contribution in [0, 0.1) is 0 Å². The molecule has 1 amide bonds. The number of carbonyl (C=O) groups is 1. The first-order valence-electron chi connectivity index (χ1n) is 13.3. The zero-order valence-electron chi connectivity index (χ0n) is 24.9. The molecule has 5 rings (SSSR count). The van der Waals surface area contributed by atoms with Crippen molar-refractivity contribution in [2.45, 2.75) is 49.1 Å². The molecule has 0 saturated carbocycles. The van der Waals surface area contributed by atoms with Gasteiger partial charge in [-0.2, -0.15) is 4.57 Å². The molecular weight excluding hydrogens is 738 g/mol. The number of nitrogens with two attached hydrogens (primary N) is 2. The van der Waals surface area contributed by atoms with Crippen molar-refractivity contribution < 1.29 is 85.3 Å². The number of amides is 1. The number of hydrogen-bond donors (Lipinski definition) is 8. The monoisotopic (exact) mass is 766 g/mol. The van der Waals surface area contributed by atoms with Crippen LogP contribution in [0.2, 0.25) is 0 Å². The molecule has 10 atom stereocenters. The molecule has 2 fully saturated rings. The Hall–Kier alpha value is -1.86. The minimum Gasteiger partial charge on any atom is -0.756 e. The molecule has 10 unspecified atom stereocenters. The molecule has 0 spiro atoms. The van der Waals surface area contributed by atoms with Crippen LogP contribution in [-0.2, 0) is 41.1 Å². The standard InChI is InChI=1S/C21H28N7O17P3.Na/c22-17-12-19(25-7-24-17)28(8-26-12)21-15(31)16(44-46(33,34)35)11(43-21)6-41-48(38,39)45-47(36,37)40-5-10-13(29)14(30)20(42-10)27-3-1-2-9(4-27)18(23)32;/h1-4,7-8,10-11,13-16,20-21,29-31H,5-6H2,(H7-,22,23,24,25,32,33,34,35,36,37,38,39);. The Bertz CT molecular complexity index is 1820. The predicted octanol–water partition coefficient (Wildman–Crippen LogP) is -3.91. The summed E-state index contributed by atoms with van der Waals surface area (Å²) in [6.07, 6.45) is -8.59. The van der Waals surface area contributed by atoms with E-state index in [1.165, 1.54) is 29.1 Å². The third-order valence-electron chi connectivity index (χ3n) is 6.97. The number of rotatable bonds is 13. The molecule has 3 aromatic rings. The molecule has 265 valence electrons. The number of primary amides is 1. The average molecular weight is 766 g/mol. The van der Waals surface area contributed by atoms with Crippen LogP contribution in [0.25, 0.3) is 11.2 Å². The molecule has 2 saturated heterocycles. The second-order valence-electron chi connectivity index (χ2n) is 10.2. The molecule has 0 aromatic carbocycles. The van der Waals surface area contributed by atoms with E-state index in [0.29, 0.717) is 0 Å². The number of aromatic nitrogens is 5. The number of carbonyl (C=O) groups excluding carboxylic acids is 1. The smallest absolute Gasteiger partial charge is 0.478 e. The first-order valence-corrected chi connectivity index (χ1v) is 17.8. The average Bonchev–Trinajstić information content (AvgIpc) is 3.64. The van der Waals surface area contributed by atoms with Crippen molar-refractivity contribution in [1.29, 1.82) is 0 Å². The van der Waals surface area contributed by atoms with E-state index in [0.717, 1.165) is 17.2 Å². The third-order valence-corrected chi connectivity index (χ3v) is 10.1. The summed E-state index contributed by atoms with van der Waals surface area (Å²) < 4.78 is 67.9. The van der Waals surface area contributed by atoms with E-state index in [9.17, 15) is 53.4 Å². The molecule has 49 heavy (non-hydrogen) atoms. The number of anilines is 1. The Kier molecular flexibility index (Phi) is 12.5. The quantitative estimate of drug-likeness (QED) is 0.0468. The second kappa shape index (κ2) is 15.4. The van der Waals surface area contributed by atoms with E-state index in [-0.39, 0.29) is 52.1 Å². The van der Waals surface area contributed by atoms with Gasteiger partial charge in [-0.3, -0.25) is 23.0 Å². The van der Waals surface area contributed by atoms with Gasteiger partial charge in [0.1, 0.15) is 47.9 Å². The number of hydrogen-bond acceptors (Lipinski definition) is 18. The maximum atomic E-state index is 12.6. The molecular formula is C21H28N7NaO17P3. The Morgan fingerprint density at radius 3 is 2.39 bits per heavy atom. The van der Waals surface area contributed by atoms with Gasteiger partial charge in [-0.05, 0) is 6.07 Å². The van der Waals surface area contributed by atoms with Crippen LogP contribution < -0.4 is 20.9 Å². The maximum absolute atomic E-state index is 12.6. The molecule has 5 heterocycles. The van der Waals surface area contributed by atoms with E-state index in [1.807, 2.05) is 0 Å². The summed E-state index contributed by atoms with van der Waals surface area (Å²) in [5.74, 6) is -0.846. The van der Waals surface area contributed by atoms with Crippen LogP contribution in [0.4, 0.5) is 5.82 Å². The summed E-state index contributed by atoms with van der Waals surface area (Å²) in [6, 6.07) is 2.77. The van der Waals surface area contributed by atoms with Gasteiger partial charge in [0.05, 0.1) is 19.5 Å². The molecule has 2 aliphatic heterocycles. The van der Waals surface area contributed by atoms with Gasteiger partial charge in [0, 0.05) is 35.6 Å². The number of imidazole rings is 1. The van der Waals surface area contributed by atoms with Gasteiger partial charge < -0.3 is 60.4 Å². The molecule has 1 radical (unpaired) electrons. The van der Waals surface area contributed by atoms with Crippen molar-refractivity contribution >= 4 is 75.9 Å². The van der Waals surface area contributed by atoms with Crippen LogP contribution >= 0.6 is 23.5 Å². The van der Waals surface area contributed by atoms with Gasteiger partial charge in [-0.15, -0.1) is 0 Å². The number of phosphoric acid groups is 3. The second-order valence-corrected chi connectivity index (χ2v) is 14.4. The largest absolute Gasteiger partial charge is 0.756 e. The summed E-state index contributed by atoms with van der Waals surface area (Å²) in [6.45, 7) is -2.17. The van der Waals surface area contributed by atoms with Gasteiger partial charge in [0.25, 0.3) is 20.0 Å². The normalized spacial score (nSPS) is 29.7. The van der Waals surface area contributed by atoms with Crippen LogP contribution in [0.15, 0.2) is 37.2 Å². The van der Waals surface area contributed by atoms with E-state index in [2.05, 4.69) is 32.8 Å². The van der Waals surface area contributed by atoms with Crippen molar-refractivity contribution in [3.63, 3.8) is 0 Å². The first-order chi connectivity index (χ1) is 22.4. The molecule has 0 aliphatic carbocycles. The topological polar surface area (TPSA) is 368 Å². The van der Waals surface area contributed by atoms with E-state index >= 15 is 0 Å². The van der Waals surface area contributed by atoms with Crippen LogP contribution in [0.5, 0.6) is 0 Å². The molecule has 0 bridgehead atoms. The minimum atomic E-state index is -5.74. The number of pyridine rings is 1. The van der Waals surface area contributed by atoms with Gasteiger partial charge >= 0.3 is 15.6 Å². The summed E-state index contributed by atoms with van der Waals surface area (Å²) in [7, 11) is -16.7. The zero-order valence-corrected chi connectivity index (χ0v) is 29.6. The van der Waals surface area contributed by atoms with Crippen molar-refractivity contribution in [1.82, 2.24) is 19.5 Å². The fourth-order valence-electron chi connectivity index (χ4n) is 4.84. The van der Waals surface area contributed by atoms with Crippen LogP contribution in [-0.4, -0.2) is 135 Å². The van der Waals surface area contributed by atoms with Gasteiger partial charge in [-0.1, -0.05) is 0 Å². The SMILES string of the molecule is NC(=O)c1ccc[n+](C2OC(COP(=O)([O-])OP(=O)(O)OCC3OC(n4cnc5c(N)ncnc54)C(O)C3OP(=O)(O)O)C(O)C2O)c1.[Na]. The number of aliphatic hydroxyl groups is 3. The fraction of sp³-hybridized carbons (Fsp3) is 0.476. The van der Waals surface area contributed by atoms with Gasteiger partial charge in [0.2, 0.25) is 0 Å². The molecule has 10 N–H and O–H groups in total. The molecule has 3 aromatic heterocycles. The molecule has 28 heteroatoms. The number of phosphoric ester groups is 3. The fourth-order valence-corrected chi connectivity index (χ4v) is 7.47. The number of nitrogen functional groups attached to an aromatic ring is 1. The Balaban J connectivity index is 0.00000541. The van der Waals surface area contributed by atoms with Crippen molar-refractivity contribution in [3.8, 4) is 0 Å². The Morgan fingerprint density at radius 1 is 1.02 bits per heavy atom. The van der Waals surface area contributed by atoms with E-state index in [4.69, 9.17) is 20.9 Å². The maximum Gasteiger partial charge on any atom is 0.478 e. The number of fused-ring (bicyclic) bond motifs is 1. The first kappa shape index (κ1) is 39.9. The third kappa shape index (κ3) is 9.33. The summed E-state index contributed by atoms with van der Waals surface area (Å²) in [5.41, 5.74) is 11.1. The number of nitrogens with zero attached hydrogens (tertiary/aromatic N) is 5. The Morgan fingerprint density at radius 2 is 1.71 bits per heavy atom. The minimum absolute atomic E-state index is 0. The van der Waals surface area contributed by atoms with Crippen molar-refractivity contribution in [3.05, 3.63) is 42.7 Å². The predicted molar refractivity (Wildman–Crippen MR) is 154 cm³/mol. The van der Waals surface area contributed by atoms with Crippen molar-refractivity contribution in [2.24, 2.45) is 5.73 Å². The van der Waals surface area contributed by atoms with Gasteiger partial charge in [0.15, 0.2) is 36.2 Å².